The summed E-state index contributed by atoms with van der Waals surface area (Å²) >= 11 is 0. The van der Waals surface area contributed by atoms with E-state index in [0.29, 0.717) is 12.1 Å². The Labute approximate surface area is 115 Å². The van der Waals surface area contributed by atoms with Crippen molar-refractivity contribution in [1.29, 1.82) is 0 Å². The normalized spacial score (nSPS) is 12.6. The monoisotopic (exact) mass is 321 g/mol. The van der Waals surface area contributed by atoms with E-state index in [1.54, 1.807) is 0 Å². The molecule has 1 nitrogen and oxygen atoms in total. The van der Waals surface area contributed by atoms with Crippen molar-refractivity contribution in [2.75, 3.05) is 18.1 Å². The number of nitrogens with zero attached hydrogens (tertiary/aromatic N) is 1. The lowest BCUT2D eigenvalue weighted by molar-refractivity contribution is -0.281. The molecule has 1 rings (SSSR count). The zero-order valence-electron chi connectivity index (χ0n) is 10.5. The summed E-state index contributed by atoms with van der Waals surface area (Å²) in [5.74, 6) is -2.60. The highest BCUT2D eigenvalue weighted by Gasteiger charge is 2.62. The molecule has 0 heterocycles. The Morgan fingerprint density at radius 3 is 2.10 bits per heavy atom. The van der Waals surface area contributed by atoms with Crippen LogP contribution < -0.4 is 4.90 Å². The zero-order chi connectivity index (χ0) is 16.3. The van der Waals surface area contributed by atoms with Gasteiger partial charge in [-0.25, -0.2) is 8.78 Å². The lowest BCUT2D eigenvalue weighted by Crippen LogP contribution is -2.53. The molecule has 120 valence electrons. The van der Waals surface area contributed by atoms with Crippen LogP contribution in [0.4, 0.5) is 40.8 Å². The van der Waals surface area contributed by atoms with Gasteiger partial charge in [0.2, 0.25) is 0 Å². The van der Waals surface area contributed by atoms with Crippen molar-refractivity contribution in [3.8, 4) is 0 Å². The third-order valence-electron chi connectivity index (χ3n) is 2.64. The van der Waals surface area contributed by atoms with E-state index in [0.717, 1.165) is 0 Å². The summed E-state index contributed by atoms with van der Waals surface area (Å²) in [4.78, 5) is -0.596. The van der Waals surface area contributed by atoms with E-state index in [4.69, 9.17) is 0 Å². The van der Waals surface area contributed by atoms with Crippen LogP contribution in [0, 0.1) is 11.6 Å². The smallest absolute Gasteiger partial charge is 0.303 e. The fourth-order valence-corrected chi connectivity index (χ4v) is 1.62. The van der Waals surface area contributed by atoms with E-state index in [1.807, 2.05) is 0 Å². The topological polar surface area (TPSA) is 3.24 Å². The van der Waals surface area contributed by atoms with Gasteiger partial charge >= 0.3 is 12.2 Å². The Balaban J connectivity index is 3.22. The lowest BCUT2D eigenvalue weighted by atomic mass is 10.2. The Morgan fingerprint density at radius 2 is 1.57 bits per heavy atom. The highest BCUT2D eigenvalue weighted by molar-refractivity contribution is 5.49. The van der Waals surface area contributed by atoms with Crippen LogP contribution in [-0.2, 0) is 0 Å². The summed E-state index contributed by atoms with van der Waals surface area (Å²) in [6, 6.07) is -4.13. The van der Waals surface area contributed by atoms with E-state index < -0.39 is 47.7 Å². The van der Waals surface area contributed by atoms with Gasteiger partial charge in [-0.15, -0.1) is 0 Å². The number of hydrogen-bond acceptors (Lipinski definition) is 1. The summed E-state index contributed by atoms with van der Waals surface area (Å²) in [6.45, 7) is -1.89. The largest absolute Gasteiger partial charge is 0.475 e. The van der Waals surface area contributed by atoms with Crippen molar-refractivity contribution in [2.24, 2.45) is 0 Å². The van der Waals surface area contributed by atoms with Gasteiger partial charge in [0.05, 0.1) is 12.4 Å². The molecule has 0 radical (unpaired) electrons. The van der Waals surface area contributed by atoms with Crippen LogP contribution in [0.1, 0.15) is 12.8 Å². The van der Waals surface area contributed by atoms with Gasteiger partial charge in [0.1, 0.15) is 11.6 Å². The molecule has 0 N–H and O–H groups in total. The zero-order valence-corrected chi connectivity index (χ0v) is 10.5. The molecule has 0 saturated carbocycles. The summed E-state index contributed by atoms with van der Waals surface area (Å²) in [5.41, 5.74) is -1.23. The van der Waals surface area contributed by atoms with Gasteiger partial charge in [-0.2, -0.15) is 22.0 Å². The number of rotatable bonds is 6. The van der Waals surface area contributed by atoms with Gasteiger partial charge in [0.15, 0.2) is 0 Å². The molecule has 1 aromatic carbocycles. The molecule has 1 aromatic rings. The highest BCUT2D eigenvalue weighted by atomic mass is 19.4. The highest BCUT2D eigenvalue weighted by Crippen LogP contribution is 2.41. The first kappa shape index (κ1) is 17.5. The SMILES string of the molecule is FCCCCN(c1cc(F)ccc1F)C(F)(F)C(F)(F)F. The van der Waals surface area contributed by atoms with Gasteiger partial charge in [-0.1, -0.05) is 0 Å². The Bertz CT molecular complexity index is 471. The predicted octanol–water partition coefficient (Wildman–Crippen LogP) is 4.68. The van der Waals surface area contributed by atoms with Crippen LogP contribution in [0.2, 0.25) is 0 Å². The molecule has 0 saturated heterocycles. The average molecular weight is 321 g/mol. The lowest BCUT2D eigenvalue weighted by Gasteiger charge is -2.34. The molecule has 21 heavy (non-hydrogen) atoms. The minimum absolute atomic E-state index is 0.241. The van der Waals surface area contributed by atoms with Crippen molar-refractivity contribution >= 4 is 5.69 Å². The molecule has 9 heteroatoms. The minimum Gasteiger partial charge on any atom is -0.303 e. The number of alkyl halides is 6. The van der Waals surface area contributed by atoms with Crippen molar-refractivity contribution < 1.29 is 35.1 Å². The fourth-order valence-electron chi connectivity index (χ4n) is 1.62. The molecule has 0 aromatic heterocycles. The second-order valence-electron chi connectivity index (χ2n) is 4.18. The Kier molecular flexibility index (Phi) is 5.41. The van der Waals surface area contributed by atoms with Crippen LogP contribution in [0.3, 0.4) is 0 Å². The maximum Gasteiger partial charge on any atom is 0.475 e. The first-order chi connectivity index (χ1) is 9.61. The number of hydrogen-bond donors (Lipinski definition) is 0. The first-order valence-electron chi connectivity index (χ1n) is 5.84. The summed E-state index contributed by atoms with van der Waals surface area (Å²) in [7, 11) is 0. The summed E-state index contributed by atoms with van der Waals surface area (Å²) in [6.07, 6.45) is -6.64. The van der Waals surface area contributed by atoms with Gasteiger partial charge in [-0.3, -0.25) is 4.39 Å². The van der Waals surface area contributed by atoms with E-state index in [1.165, 1.54) is 0 Å². The molecule has 0 aliphatic heterocycles. The minimum atomic E-state index is -5.98. The fraction of sp³-hybridized carbons (Fsp3) is 0.500. The molecule has 0 aliphatic carbocycles. The maximum atomic E-state index is 13.5. The second-order valence-corrected chi connectivity index (χ2v) is 4.18. The van der Waals surface area contributed by atoms with Crippen LogP contribution >= 0.6 is 0 Å². The predicted molar refractivity (Wildman–Crippen MR) is 59.9 cm³/mol. The number of benzene rings is 1. The maximum absolute atomic E-state index is 13.5. The second kappa shape index (κ2) is 6.48. The first-order valence-corrected chi connectivity index (χ1v) is 5.84. The van der Waals surface area contributed by atoms with Crippen molar-refractivity contribution in [3.63, 3.8) is 0 Å². The third-order valence-corrected chi connectivity index (χ3v) is 2.64. The molecule has 0 spiro atoms. The summed E-state index contributed by atoms with van der Waals surface area (Å²) in [5, 5.41) is 0. The van der Waals surface area contributed by atoms with Crippen LogP contribution in [0.5, 0.6) is 0 Å². The Hall–Kier alpha value is -1.54. The van der Waals surface area contributed by atoms with Crippen LogP contribution in [0.15, 0.2) is 18.2 Å². The van der Waals surface area contributed by atoms with E-state index >= 15 is 0 Å². The third kappa shape index (κ3) is 3.98. The van der Waals surface area contributed by atoms with Gasteiger partial charge < -0.3 is 4.90 Å². The van der Waals surface area contributed by atoms with Crippen molar-refractivity contribution in [2.45, 2.75) is 25.1 Å². The molecular formula is C12H11F8N. The average Bonchev–Trinajstić information content (AvgIpc) is 2.36. The van der Waals surface area contributed by atoms with E-state index in [9.17, 15) is 35.1 Å². The quantitative estimate of drug-likeness (QED) is 0.418. The van der Waals surface area contributed by atoms with Crippen molar-refractivity contribution in [1.82, 2.24) is 0 Å². The molecule has 0 bridgehead atoms. The van der Waals surface area contributed by atoms with Gasteiger partial charge in [0.25, 0.3) is 0 Å². The van der Waals surface area contributed by atoms with Crippen LogP contribution in [0.25, 0.3) is 0 Å². The standard InChI is InChI=1S/C12H11F8N/c13-5-1-2-6-21(12(19,20)11(16,17)18)10-7-8(14)3-4-9(10)15/h3-4,7H,1-2,5-6H2. The summed E-state index contributed by atoms with van der Waals surface area (Å²) < 4.78 is 103. The van der Waals surface area contributed by atoms with Gasteiger partial charge in [-0.05, 0) is 25.0 Å². The molecule has 0 aliphatic rings. The van der Waals surface area contributed by atoms with E-state index in [-0.39, 0.29) is 18.9 Å². The van der Waals surface area contributed by atoms with Crippen LogP contribution in [-0.4, -0.2) is 25.4 Å². The van der Waals surface area contributed by atoms with E-state index in [2.05, 4.69) is 0 Å². The number of halogens is 8. The van der Waals surface area contributed by atoms with Gasteiger partial charge in [0, 0.05) is 12.6 Å². The molecule has 0 unspecified atom stereocenters. The molecule has 0 atom stereocenters. The molecule has 0 amide bonds. The molecular weight excluding hydrogens is 310 g/mol. The number of unbranched alkanes of at least 4 members (excludes halogenated alkanes) is 1. The number of anilines is 1. The van der Waals surface area contributed by atoms with Crippen molar-refractivity contribution in [3.05, 3.63) is 29.8 Å². The molecule has 0 fully saturated rings. The Morgan fingerprint density at radius 1 is 0.952 bits per heavy atom.